The normalized spacial score (nSPS) is 17.3. The average molecular weight is 360 g/mol. The summed E-state index contributed by atoms with van der Waals surface area (Å²) in [5, 5.41) is 13.7. The monoisotopic (exact) mass is 360 g/mol. The van der Waals surface area contributed by atoms with Gasteiger partial charge >= 0.3 is 0 Å². The van der Waals surface area contributed by atoms with Crippen LogP contribution in [0.25, 0.3) is 0 Å². The second-order valence-electron chi connectivity index (χ2n) is 7.15. The van der Waals surface area contributed by atoms with Gasteiger partial charge in [-0.1, -0.05) is 42.5 Å². The molecule has 0 saturated carbocycles. The molecule has 2 atom stereocenters. The smallest absolute Gasteiger partial charge is 0.250 e. The minimum absolute atomic E-state index is 0.00178. The summed E-state index contributed by atoms with van der Waals surface area (Å²) in [7, 11) is 0. The third kappa shape index (κ3) is 3.96. The number of pyridine rings is 1. The average Bonchev–Trinajstić information content (AvgIpc) is 2.70. The first-order chi connectivity index (χ1) is 13.2. The molecule has 1 aliphatic rings. The van der Waals surface area contributed by atoms with Crippen molar-refractivity contribution in [3.8, 4) is 5.75 Å². The Balaban J connectivity index is 1.66. The molecule has 0 fully saturated rings. The molecule has 0 bridgehead atoms. The Hall–Kier alpha value is -2.85. The van der Waals surface area contributed by atoms with E-state index in [1.807, 2.05) is 42.6 Å². The van der Waals surface area contributed by atoms with E-state index < -0.39 is 0 Å². The zero-order valence-electron chi connectivity index (χ0n) is 15.2. The topological polar surface area (TPSA) is 54.3 Å². The molecule has 0 amide bonds. The number of benzene rings is 2. The molecule has 0 radical (unpaired) electrons. The van der Waals surface area contributed by atoms with E-state index in [0.29, 0.717) is 12.3 Å². The number of aromatic hydroxyl groups is 1. The fourth-order valence-electron chi connectivity index (χ4n) is 3.95. The van der Waals surface area contributed by atoms with Crippen LogP contribution in [-0.4, -0.2) is 9.67 Å². The van der Waals surface area contributed by atoms with E-state index >= 15 is 0 Å². The molecular weight excluding hydrogens is 336 g/mol. The van der Waals surface area contributed by atoms with Crippen LogP contribution in [0.15, 0.2) is 77.7 Å². The fourth-order valence-corrected chi connectivity index (χ4v) is 3.95. The number of aryl methyl sites for hydroxylation is 1. The molecule has 4 nitrogen and oxygen atoms in total. The maximum Gasteiger partial charge on any atom is 0.250 e. The molecule has 0 spiro atoms. The van der Waals surface area contributed by atoms with Crippen molar-refractivity contribution in [1.82, 2.24) is 9.88 Å². The van der Waals surface area contributed by atoms with Gasteiger partial charge in [-0.25, -0.2) is 0 Å². The summed E-state index contributed by atoms with van der Waals surface area (Å²) in [6, 6.07) is 21.3. The first kappa shape index (κ1) is 17.6. The molecule has 27 heavy (non-hydrogen) atoms. The molecule has 4 rings (SSSR count). The third-order valence-corrected chi connectivity index (χ3v) is 5.33. The predicted molar refractivity (Wildman–Crippen MR) is 107 cm³/mol. The molecule has 1 aliphatic carbocycles. The number of phenols is 1. The summed E-state index contributed by atoms with van der Waals surface area (Å²) >= 11 is 0. The minimum Gasteiger partial charge on any atom is -0.508 e. The van der Waals surface area contributed by atoms with Crippen LogP contribution < -0.4 is 10.9 Å². The second-order valence-corrected chi connectivity index (χ2v) is 7.15. The lowest BCUT2D eigenvalue weighted by Crippen LogP contribution is -2.34. The number of nitrogens with one attached hydrogen (secondary N) is 1. The van der Waals surface area contributed by atoms with Crippen LogP contribution >= 0.6 is 0 Å². The molecule has 4 heteroatoms. The lowest BCUT2D eigenvalue weighted by Gasteiger charge is -2.31. The molecule has 138 valence electrons. The van der Waals surface area contributed by atoms with Crippen molar-refractivity contribution in [1.29, 1.82) is 0 Å². The van der Waals surface area contributed by atoms with Crippen LogP contribution in [0.5, 0.6) is 5.75 Å². The summed E-state index contributed by atoms with van der Waals surface area (Å²) in [5.74, 6) is 0.304. The van der Waals surface area contributed by atoms with Crippen LogP contribution in [0, 0.1) is 0 Å². The Morgan fingerprint density at radius 1 is 1.07 bits per heavy atom. The highest BCUT2D eigenvalue weighted by molar-refractivity contribution is 5.38. The highest BCUT2D eigenvalue weighted by Gasteiger charge is 2.24. The van der Waals surface area contributed by atoms with Crippen molar-refractivity contribution >= 4 is 0 Å². The van der Waals surface area contributed by atoms with E-state index in [9.17, 15) is 9.90 Å². The molecular formula is C23H24N2O2. The van der Waals surface area contributed by atoms with Crippen molar-refractivity contribution in [3.05, 3.63) is 100.0 Å². The SMILES string of the molecule is O=c1ccccn1CC(NC1CCCc2ccc(O)cc21)c1ccccc1. The largest absolute Gasteiger partial charge is 0.508 e. The van der Waals surface area contributed by atoms with Gasteiger partial charge < -0.3 is 15.0 Å². The number of aromatic nitrogens is 1. The summed E-state index contributed by atoms with van der Waals surface area (Å²) in [6.07, 6.45) is 5.01. The van der Waals surface area contributed by atoms with Gasteiger partial charge in [0.25, 0.3) is 5.56 Å². The van der Waals surface area contributed by atoms with Gasteiger partial charge in [-0.15, -0.1) is 0 Å². The highest BCUT2D eigenvalue weighted by Crippen LogP contribution is 2.34. The fraction of sp³-hybridized carbons (Fsp3) is 0.261. The van der Waals surface area contributed by atoms with Crippen molar-refractivity contribution in [3.63, 3.8) is 0 Å². The van der Waals surface area contributed by atoms with Crippen LogP contribution in [0.4, 0.5) is 0 Å². The maximum absolute atomic E-state index is 12.2. The number of hydrogen-bond acceptors (Lipinski definition) is 3. The second kappa shape index (κ2) is 7.80. The first-order valence-electron chi connectivity index (χ1n) is 9.49. The van der Waals surface area contributed by atoms with Gasteiger partial charge in [0.2, 0.25) is 0 Å². The number of phenolic OH excluding ortho intramolecular Hbond substituents is 1. The van der Waals surface area contributed by atoms with Gasteiger partial charge in [0.05, 0.1) is 6.04 Å². The van der Waals surface area contributed by atoms with E-state index in [1.165, 1.54) is 11.1 Å². The van der Waals surface area contributed by atoms with Crippen molar-refractivity contribution in [2.24, 2.45) is 0 Å². The molecule has 2 N–H and O–H groups in total. The lowest BCUT2D eigenvalue weighted by atomic mass is 9.86. The Labute approximate surface area is 159 Å². The van der Waals surface area contributed by atoms with Gasteiger partial charge in [0.1, 0.15) is 5.75 Å². The summed E-state index contributed by atoms with van der Waals surface area (Å²) in [4.78, 5) is 12.2. The molecule has 3 aromatic rings. The zero-order valence-corrected chi connectivity index (χ0v) is 15.2. The van der Waals surface area contributed by atoms with Crippen LogP contribution in [0.1, 0.15) is 41.6 Å². The minimum atomic E-state index is 0.00178. The van der Waals surface area contributed by atoms with E-state index in [2.05, 4.69) is 17.4 Å². The molecule has 0 saturated heterocycles. The molecule has 0 aliphatic heterocycles. The van der Waals surface area contributed by atoms with Gasteiger partial charge in [-0.2, -0.15) is 0 Å². The molecule has 1 heterocycles. The van der Waals surface area contributed by atoms with Crippen molar-refractivity contribution in [2.45, 2.75) is 37.9 Å². The van der Waals surface area contributed by atoms with Gasteiger partial charge in [-0.3, -0.25) is 4.79 Å². The predicted octanol–water partition coefficient (Wildman–Crippen LogP) is 3.96. The summed E-state index contributed by atoms with van der Waals surface area (Å²) in [6.45, 7) is 0.564. The maximum atomic E-state index is 12.2. The van der Waals surface area contributed by atoms with E-state index in [1.54, 1.807) is 22.8 Å². The van der Waals surface area contributed by atoms with Crippen molar-refractivity contribution in [2.75, 3.05) is 0 Å². The van der Waals surface area contributed by atoms with E-state index in [-0.39, 0.29) is 17.6 Å². The quantitative estimate of drug-likeness (QED) is 0.724. The summed E-state index contributed by atoms with van der Waals surface area (Å²) in [5.41, 5.74) is 3.62. The standard InChI is InChI=1S/C23H24N2O2/c26-19-13-12-17-9-6-10-21(20(17)15-19)24-22(18-7-2-1-3-8-18)16-25-14-5-4-11-23(25)27/h1-5,7-8,11-15,21-22,24,26H,6,9-10,16H2. The Morgan fingerprint density at radius 2 is 1.89 bits per heavy atom. The number of fused-ring (bicyclic) bond motifs is 1. The van der Waals surface area contributed by atoms with Gasteiger partial charge in [0.15, 0.2) is 0 Å². The van der Waals surface area contributed by atoms with Crippen LogP contribution in [-0.2, 0) is 13.0 Å². The van der Waals surface area contributed by atoms with Gasteiger partial charge in [-0.05, 0) is 54.2 Å². The number of hydrogen-bond donors (Lipinski definition) is 2. The molecule has 1 aromatic heterocycles. The van der Waals surface area contributed by atoms with E-state index in [0.717, 1.165) is 24.8 Å². The Bertz CT molecular complexity index is 965. The number of rotatable bonds is 5. The Morgan fingerprint density at radius 3 is 2.70 bits per heavy atom. The van der Waals surface area contributed by atoms with E-state index in [4.69, 9.17) is 0 Å². The van der Waals surface area contributed by atoms with Crippen LogP contribution in [0.3, 0.4) is 0 Å². The Kier molecular flexibility index (Phi) is 5.07. The van der Waals surface area contributed by atoms with Crippen molar-refractivity contribution < 1.29 is 5.11 Å². The zero-order chi connectivity index (χ0) is 18.6. The van der Waals surface area contributed by atoms with Gasteiger partial charge in [0, 0.05) is 24.8 Å². The molecule has 2 aromatic carbocycles. The lowest BCUT2D eigenvalue weighted by molar-refractivity contribution is 0.365. The highest BCUT2D eigenvalue weighted by atomic mass is 16.3. The number of nitrogens with zero attached hydrogens (tertiary/aromatic N) is 1. The molecule has 2 unspecified atom stereocenters. The first-order valence-corrected chi connectivity index (χ1v) is 9.49. The third-order valence-electron chi connectivity index (χ3n) is 5.33. The summed E-state index contributed by atoms with van der Waals surface area (Å²) < 4.78 is 1.75. The van der Waals surface area contributed by atoms with Crippen LogP contribution in [0.2, 0.25) is 0 Å².